The van der Waals surface area contributed by atoms with Gasteiger partial charge in [0.15, 0.2) is 0 Å². The highest BCUT2D eigenvalue weighted by atomic mass is 32.2. The third-order valence-electron chi connectivity index (χ3n) is 4.23. The number of carbonyl (C=O) groups excluding carboxylic acids is 1. The Morgan fingerprint density at radius 3 is 2.75 bits per heavy atom. The van der Waals surface area contributed by atoms with Gasteiger partial charge >= 0.3 is 0 Å². The van der Waals surface area contributed by atoms with Gasteiger partial charge in [-0.15, -0.1) is 10.2 Å². The molecule has 1 atom stereocenters. The zero-order valence-corrected chi connectivity index (χ0v) is 16.1. The molecule has 1 unspecified atom stereocenters. The zero-order valence-electron chi connectivity index (χ0n) is 15.3. The molecule has 4 aromatic rings. The minimum absolute atomic E-state index is 0.151. The van der Waals surface area contributed by atoms with Crippen molar-refractivity contribution in [2.45, 2.75) is 17.4 Å². The summed E-state index contributed by atoms with van der Waals surface area (Å²) in [5.41, 5.74) is 2.53. The van der Waals surface area contributed by atoms with Gasteiger partial charge in [-0.1, -0.05) is 30.0 Å². The molecule has 0 saturated heterocycles. The maximum atomic E-state index is 12.4. The number of aromatic nitrogens is 3. The first-order chi connectivity index (χ1) is 13.6. The number of amides is 1. The highest BCUT2D eigenvalue weighted by Gasteiger charge is 2.20. The van der Waals surface area contributed by atoms with Crippen LogP contribution in [0.15, 0.2) is 64.4 Å². The molecule has 2 N–H and O–H groups in total. The lowest BCUT2D eigenvalue weighted by Gasteiger charge is -2.10. The van der Waals surface area contributed by atoms with E-state index < -0.39 is 5.25 Å². The number of nitrogens with one attached hydrogen (secondary N) is 2. The normalized spacial score (nSPS) is 12.1. The van der Waals surface area contributed by atoms with Crippen LogP contribution in [0.5, 0.6) is 5.75 Å². The minimum atomic E-state index is -0.404. The van der Waals surface area contributed by atoms with Crippen molar-refractivity contribution in [1.29, 1.82) is 0 Å². The van der Waals surface area contributed by atoms with Crippen molar-refractivity contribution >= 4 is 34.3 Å². The second-order valence-electron chi connectivity index (χ2n) is 6.10. The van der Waals surface area contributed by atoms with E-state index in [1.165, 1.54) is 11.8 Å². The second-order valence-corrected chi connectivity index (χ2v) is 7.39. The standard InChI is InChI=1S/C20H18N4O3S/c1-12(18(25)22-13-7-9-14(26-2)10-8-13)28-20-24-23-19(27-20)16-11-21-17-6-4-3-5-15(16)17/h3-12,21H,1-2H3,(H,22,25). The number of anilines is 1. The van der Waals surface area contributed by atoms with E-state index in [0.717, 1.165) is 22.2 Å². The largest absolute Gasteiger partial charge is 0.497 e. The fraction of sp³-hybridized carbons (Fsp3) is 0.150. The molecule has 142 valence electrons. The molecular weight excluding hydrogens is 376 g/mol. The van der Waals surface area contributed by atoms with E-state index in [-0.39, 0.29) is 5.91 Å². The molecule has 7 nitrogen and oxygen atoms in total. The number of fused-ring (bicyclic) bond motifs is 1. The number of nitrogens with zero attached hydrogens (tertiary/aromatic N) is 2. The Morgan fingerprint density at radius 1 is 1.18 bits per heavy atom. The Bertz CT molecular complexity index is 1100. The maximum Gasteiger partial charge on any atom is 0.277 e. The molecule has 1 amide bonds. The van der Waals surface area contributed by atoms with E-state index in [9.17, 15) is 4.79 Å². The number of hydrogen-bond acceptors (Lipinski definition) is 6. The summed E-state index contributed by atoms with van der Waals surface area (Å²) in [6.45, 7) is 1.79. The van der Waals surface area contributed by atoms with Crippen molar-refractivity contribution in [3.63, 3.8) is 0 Å². The summed E-state index contributed by atoms with van der Waals surface area (Å²) in [4.78, 5) is 15.6. The number of ether oxygens (including phenoxy) is 1. The number of carbonyl (C=O) groups is 1. The summed E-state index contributed by atoms with van der Waals surface area (Å²) < 4.78 is 10.9. The SMILES string of the molecule is COc1ccc(NC(=O)C(C)Sc2nnc(-c3c[nH]c4ccccc34)o2)cc1. The van der Waals surface area contributed by atoms with Gasteiger partial charge in [0.05, 0.1) is 17.9 Å². The van der Waals surface area contributed by atoms with Gasteiger partial charge in [-0.2, -0.15) is 0 Å². The topological polar surface area (TPSA) is 93.0 Å². The van der Waals surface area contributed by atoms with Crippen molar-refractivity contribution in [3.8, 4) is 17.2 Å². The highest BCUT2D eigenvalue weighted by Crippen LogP contribution is 2.31. The molecule has 0 fully saturated rings. The van der Waals surface area contributed by atoms with Gasteiger partial charge in [0, 0.05) is 22.8 Å². The first kappa shape index (κ1) is 18.1. The van der Waals surface area contributed by atoms with Gasteiger partial charge in [0.25, 0.3) is 11.1 Å². The van der Waals surface area contributed by atoms with E-state index in [2.05, 4.69) is 20.5 Å². The average Bonchev–Trinajstić information content (AvgIpc) is 3.35. The number of benzene rings is 2. The van der Waals surface area contributed by atoms with E-state index >= 15 is 0 Å². The smallest absolute Gasteiger partial charge is 0.277 e. The van der Waals surface area contributed by atoms with E-state index in [4.69, 9.17) is 9.15 Å². The van der Waals surface area contributed by atoms with Crippen LogP contribution in [0.4, 0.5) is 5.69 Å². The molecule has 0 radical (unpaired) electrons. The predicted octanol–water partition coefficient (Wildman–Crippen LogP) is 4.35. The summed E-state index contributed by atoms with van der Waals surface area (Å²) in [7, 11) is 1.60. The van der Waals surface area contributed by atoms with Crippen molar-refractivity contribution in [2.24, 2.45) is 0 Å². The number of aromatic amines is 1. The molecule has 2 aromatic carbocycles. The molecule has 0 saturated carbocycles. The number of rotatable bonds is 6. The summed E-state index contributed by atoms with van der Waals surface area (Å²) in [6.07, 6.45) is 1.84. The highest BCUT2D eigenvalue weighted by molar-refractivity contribution is 8.00. The number of para-hydroxylation sites is 1. The summed E-state index contributed by atoms with van der Waals surface area (Å²) in [5.74, 6) is 1.00. The van der Waals surface area contributed by atoms with Crippen LogP contribution in [-0.2, 0) is 4.79 Å². The lowest BCUT2D eigenvalue weighted by molar-refractivity contribution is -0.115. The average molecular weight is 394 g/mol. The van der Waals surface area contributed by atoms with Crippen molar-refractivity contribution in [2.75, 3.05) is 12.4 Å². The van der Waals surface area contributed by atoms with Gasteiger partial charge in [-0.25, -0.2) is 0 Å². The minimum Gasteiger partial charge on any atom is -0.497 e. The Balaban J connectivity index is 1.43. The molecule has 0 aliphatic rings. The Hall–Kier alpha value is -3.26. The summed E-state index contributed by atoms with van der Waals surface area (Å²) in [5, 5.41) is 12.0. The van der Waals surface area contributed by atoms with Crippen molar-refractivity contribution < 1.29 is 13.9 Å². The lowest BCUT2D eigenvalue weighted by atomic mass is 10.2. The Morgan fingerprint density at radius 2 is 1.96 bits per heavy atom. The summed E-state index contributed by atoms with van der Waals surface area (Å²) in [6, 6.07) is 15.0. The maximum absolute atomic E-state index is 12.4. The molecule has 0 aliphatic carbocycles. The molecule has 0 spiro atoms. The molecular formula is C20H18N4O3S. The molecule has 0 aliphatic heterocycles. The van der Waals surface area contributed by atoms with Crippen LogP contribution in [0.1, 0.15) is 6.92 Å². The van der Waals surface area contributed by atoms with Crippen molar-refractivity contribution in [1.82, 2.24) is 15.2 Å². The van der Waals surface area contributed by atoms with Crippen LogP contribution in [-0.4, -0.2) is 33.4 Å². The van der Waals surface area contributed by atoms with E-state index in [1.54, 1.807) is 38.3 Å². The molecule has 0 bridgehead atoms. The zero-order chi connectivity index (χ0) is 19.5. The molecule has 8 heteroatoms. The third kappa shape index (κ3) is 3.72. The third-order valence-corrected chi connectivity index (χ3v) is 5.16. The second kappa shape index (κ2) is 7.77. The fourth-order valence-corrected chi connectivity index (χ4v) is 3.42. The molecule has 2 aromatic heterocycles. The number of thioether (sulfide) groups is 1. The van der Waals surface area contributed by atoms with Gasteiger partial charge in [-0.3, -0.25) is 4.79 Å². The quantitative estimate of drug-likeness (QED) is 0.473. The fourth-order valence-electron chi connectivity index (χ4n) is 2.74. The Kier molecular flexibility index (Phi) is 5.03. The van der Waals surface area contributed by atoms with E-state index in [1.807, 2.05) is 30.5 Å². The van der Waals surface area contributed by atoms with E-state index in [0.29, 0.717) is 16.8 Å². The molecule has 4 rings (SSSR count). The first-order valence-electron chi connectivity index (χ1n) is 8.65. The van der Waals surface area contributed by atoms with Crippen LogP contribution in [0, 0.1) is 0 Å². The van der Waals surface area contributed by atoms with Gasteiger partial charge in [-0.05, 0) is 37.3 Å². The molecule has 2 heterocycles. The summed E-state index contributed by atoms with van der Waals surface area (Å²) >= 11 is 1.21. The number of H-pyrrole nitrogens is 1. The molecule has 28 heavy (non-hydrogen) atoms. The van der Waals surface area contributed by atoms with Crippen LogP contribution in [0.3, 0.4) is 0 Å². The number of hydrogen-bond donors (Lipinski definition) is 2. The monoisotopic (exact) mass is 394 g/mol. The predicted molar refractivity (Wildman–Crippen MR) is 109 cm³/mol. The number of methoxy groups -OCH3 is 1. The van der Waals surface area contributed by atoms with Gasteiger partial charge in [0.1, 0.15) is 5.75 Å². The van der Waals surface area contributed by atoms with Crippen LogP contribution in [0.25, 0.3) is 22.4 Å². The lowest BCUT2D eigenvalue weighted by Crippen LogP contribution is -2.22. The first-order valence-corrected chi connectivity index (χ1v) is 9.53. The van der Waals surface area contributed by atoms with Crippen LogP contribution >= 0.6 is 11.8 Å². The van der Waals surface area contributed by atoms with Gasteiger partial charge in [0.2, 0.25) is 5.91 Å². The van der Waals surface area contributed by atoms with Gasteiger partial charge < -0.3 is 19.5 Å². The van der Waals surface area contributed by atoms with Crippen LogP contribution in [0.2, 0.25) is 0 Å². The Labute approximate surface area is 165 Å². The van der Waals surface area contributed by atoms with Crippen molar-refractivity contribution in [3.05, 3.63) is 54.7 Å². The van der Waals surface area contributed by atoms with Crippen LogP contribution < -0.4 is 10.1 Å².